The first-order chi connectivity index (χ1) is 11.4. The Morgan fingerprint density at radius 1 is 1.17 bits per heavy atom. The lowest BCUT2D eigenvalue weighted by Crippen LogP contribution is -2.42. The van der Waals surface area contributed by atoms with Gasteiger partial charge < -0.3 is 14.4 Å². The van der Waals surface area contributed by atoms with Gasteiger partial charge in [-0.25, -0.2) is 17.5 Å². The first-order valence-electron chi connectivity index (χ1n) is 7.58. The third-order valence-electron chi connectivity index (χ3n) is 3.85. The van der Waals surface area contributed by atoms with Gasteiger partial charge in [0.15, 0.2) is 11.5 Å². The number of rotatable bonds is 6. The van der Waals surface area contributed by atoms with Gasteiger partial charge >= 0.3 is 0 Å². The highest BCUT2D eigenvalue weighted by Gasteiger charge is 2.25. The zero-order valence-corrected chi connectivity index (χ0v) is 14.5. The molecule has 134 valence electrons. The molecule has 0 radical (unpaired) electrons. The third-order valence-corrected chi connectivity index (χ3v) is 5.27. The summed E-state index contributed by atoms with van der Waals surface area (Å²) in [4.78, 5) is 13.1. The average molecular weight is 360 g/mol. The minimum absolute atomic E-state index is 0.0818. The number of likely N-dealkylation sites (tertiary alicyclic amines) is 1. The molecule has 0 unspecified atom stereocenters. The summed E-state index contributed by atoms with van der Waals surface area (Å²) < 4.78 is 50.7. The van der Waals surface area contributed by atoms with E-state index in [-0.39, 0.29) is 17.4 Å². The van der Waals surface area contributed by atoms with E-state index in [0.717, 1.165) is 31.4 Å². The van der Waals surface area contributed by atoms with Crippen LogP contribution in [0.15, 0.2) is 17.0 Å². The number of amides is 1. The smallest absolute Gasteiger partial charge is 0.244 e. The molecule has 1 heterocycles. The summed E-state index contributed by atoms with van der Waals surface area (Å²) in [5.74, 6) is -1.13. The lowest BCUT2D eigenvalue weighted by atomic mass is 10.1. The molecule has 0 saturated carbocycles. The molecule has 0 aromatic heterocycles. The summed E-state index contributed by atoms with van der Waals surface area (Å²) in [6.45, 7) is 0.826. The van der Waals surface area contributed by atoms with E-state index >= 15 is 0 Å². The van der Waals surface area contributed by atoms with Crippen molar-refractivity contribution in [2.24, 2.45) is 0 Å². The second-order valence-corrected chi connectivity index (χ2v) is 7.14. The van der Waals surface area contributed by atoms with E-state index in [9.17, 15) is 17.6 Å². The van der Waals surface area contributed by atoms with Gasteiger partial charge in [-0.2, -0.15) is 0 Å². The number of piperidine rings is 1. The Morgan fingerprint density at radius 3 is 2.33 bits per heavy atom. The Kier molecular flexibility index (Phi) is 6.00. The molecule has 0 atom stereocenters. The van der Waals surface area contributed by atoms with Crippen molar-refractivity contribution in [3.05, 3.63) is 17.9 Å². The van der Waals surface area contributed by atoms with Gasteiger partial charge in [-0.05, 0) is 19.3 Å². The number of carbonyl (C=O) groups excluding carboxylic acids is 1. The van der Waals surface area contributed by atoms with Crippen LogP contribution in [0.3, 0.4) is 0 Å². The Bertz CT molecular complexity index is 702. The van der Waals surface area contributed by atoms with Crippen LogP contribution in [0.25, 0.3) is 0 Å². The van der Waals surface area contributed by atoms with Crippen LogP contribution in [-0.4, -0.2) is 53.1 Å². The summed E-state index contributed by atoms with van der Waals surface area (Å²) in [6.07, 6.45) is 2.87. The number of halogens is 1. The molecule has 1 aliphatic heterocycles. The van der Waals surface area contributed by atoms with Crippen molar-refractivity contribution >= 4 is 15.9 Å². The number of benzene rings is 1. The molecule has 24 heavy (non-hydrogen) atoms. The summed E-state index contributed by atoms with van der Waals surface area (Å²) >= 11 is 0. The number of sulfonamides is 1. The Balaban J connectivity index is 2.13. The van der Waals surface area contributed by atoms with E-state index in [1.54, 1.807) is 4.90 Å². The number of methoxy groups -OCH3 is 2. The number of ether oxygens (including phenoxy) is 2. The van der Waals surface area contributed by atoms with Crippen molar-refractivity contribution in [3.8, 4) is 11.5 Å². The predicted octanol–water partition coefficient (Wildman–Crippen LogP) is 1.13. The molecule has 7 nitrogen and oxygen atoms in total. The van der Waals surface area contributed by atoms with Gasteiger partial charge in [-0.15, -0.1) is 0 Å². The highest BCUT2D eigenvalue weighted by molar-refractivity contribution is 7.89. The van der Waals surface area contributed by atoms with E-state index in [1.807, 2.05) is 0 Å². The van der Waals surface area contributed by atoms with Crippen molar-refractivity contribution in [2.45, 2.75) is 24.2 Å². The Morgan fingerprint density at radius 2 is 1.75 bits per heavy atom. The van der Waals surface area contributed by atoms with Gasteiger partial charge in [-0.1, -0.05) is 0 Å². The van der Waals surface area contributed by atoms with Gasteiger partial charge in [0, 0.05) is 25.2 Å². The highest BCUT2D eigenvalue weighted by Crippen LogP contribution is 2.31. The van der Waals surface area contributed by atoms with E-state index in [0.29, 0.717) is 13.1 Å². The average Bonchev–Trinajstić information content (AvgIpc) is 2.59. The first kappa shape index (κ1) is 18.5. The Labute approximate surface area is 140 Å². The molecule has 0 aliphatic carbocycles. The largest absolute Gasteiger partial charge is 0.493 e. The van der Waals surface area contributed by atoms with Crippen molar-refractivity contribution in [1.29, 1.82) is 0 Å². The predicted molar refractivity (Wildman–Crippen MR) is 85.1 cm³/mol. The maximum atomic E-state index is 14.1. The van der Waals surface area contributed by atoms with Crippen LogP contribution in [0.4, 0.5) is 4.39 Å². The monoisotopic (exact) mass is 360 g/mol. The second-order valence-electron chi connectivity index (χ2n) is 5.40. The molecule has 1 aliphatic rings. The molecule has 1 N–H and O–H groups in total. The van der Waals surface area contributed by atoms with E-state index < -0.39 is 27.3 Å². The fourth-order valence-electron chi connectivity index (χ4n) is 2.53. The van der Waals surface area contributed by atoms with Crippen molar-refractivity contribution in [2.75, 3.05) is 33.9 Å². The molecule has 1 aromatic carbocycles. The molecule has 9 heteroatoms. The zero-order chi connectivity index (χ0) is 17.7. The lowest BCUT2D eigenvalue weighted by molar-refractivity contribution is -0.130. The maximum absolute atomic E-state index is 14.1. The standard InChI is InChI=1S/C15H21FN2O5S/c1-22-12-8-11(16)14(9-13(12)23-2)24(20,21)17-10-15(19)18-6-4-3-5-7-18/h8-9,17H,3-7,10H2,1-2H3. The number of nitrogens with one attached hydrogen (secondary N) is 1. The van der Waals surface area contributed by atoms with E-state index in [4.69, 9.17) is 9.47 Å². The topological polar surface area (TPSA) is 84.9 Å². The summed E-state index contributed by atoms with van der Waals surface area (Å²) in [5.41, 5.74) is 0. The van der Waals surface area contributed by atoms with E-state index in [2.05, 4.69) is 4.72 Å². The summed E-state index contributed by atoms with van der Waals surface area (Å²) in [7, 11) is -1.55. The number of hydrogen-bond donors (Lipinski definition) is 1. The van der Waals surface area contributed by atoms with Crippen LogP contribution < -0.4 is 14.2 Å². The number of hydrogen-bond acceptors (Lipinski definition) is 5. The van der Waals surface area contributed by atoms with Gasteiger partial charge in [-0.3, -0.25) is 4.79 Å². The molecule has 1 fully saturated rings. The van der Waals surface area contributed by atoms with Crippen LogP contribution in [0, 0.1) is 5.82 Å². The molecule has 0 bridgehead atoms. The molecule has 2 rings (SSSR count). The van der Waals surface area contributed by atoms with Crippen LogP contribution >= 0.6 is 0 Å². The summed E-state index contributed by atoms with van der Waals surface area (Å²) in [5, 5.41) is 0. The van der Waals surface area contributed by atoms with E-state index in [1.165, 1.54) is 14.2 Å². The lowest BCUT2D eigenvalue weighted by Gasteiger charge is -2.26. The molecule has 1 amide bonds. The number of nitrogens with zero attached hydrogens (tertiary/aromatic N) is 1. The normalized spacial score (nSPS) is 15.2. The van der Waals surface area contributed by atoms with Crippen LogP contribution in [0.1, 0.15) is 19.3 Å². The molecular weight excluding hydrogens is 339 g/mol. The second kappa shape index (κ2) is 7.80. The minimum atomic E-state index is -4.19. The quantitative estimate of drug-likeness (QED) is 0.822. The molecular formula is C15H21FN2O5S. The fraction of sp³-hybridized carbons (Fsp3) is 0.533. The minimum Gasteiger partial charge on any atom is -0.493 e. The van der Waals surface area contributed by atoms with Crippen LogP contribution in [0.5, 0.6) is 11.5 Å². The van der Waals surface area contributed by atoms with Crippen molar-refractivity contribution in [3.63, 3.8) is 0 Å². The van der Waals surface area contributed by atoms with Gasteiger partial charge in [0.1, 0.15) is 10.7 Å². The van der Waals surface area contributed by atoms with Crippen molar-refractivity contribution in [1.82, 2.24) is 9.62 Å². The molecule has 1 saturated heterocycles. The Hall–Kier alpha value is -1.87. The fourth-order valence-corrected chi connectivity index (χ4v) is 3.58. The van der Waals surface area contributed by atoms with Crippen molar-refractivity contribution < 1.29 is 27.1 Å². The van der Waals surface area contributed by atoms with Gasteiger partial charge in [0.25, 0.3) is 0 Å². The highest BCUT2D eigenvalue weighted by atomic mass is 32.2. The summed E-state index contributed by atoms with van der Waals surface area (Å²) in [6, 6.07) is 1.96. The molecule has 0 spiro atoms. The first-order valence-corrected chi connectivity index (χ1v) is 9.06. The SMILES string of the molecule is COc1cc(F)c(S(=O)(=O)NCC(=O)N2CCCCC2)cc1OC. The van der Waals surface area contributed by atoms with Gasteiger partial charge in [0.2, 0.25) is 15.9 Å². The third kappa shape index (κ3) is 4.15. The number of carbonyl (C=O) groups is 1. The van der Waals surface area contributed by atoms with Crippen LogP contribution in [0.2, 0.25) is 0 Å². The van der Waals surface area contributed by atoms with Crippen LogP contribution in [-0.2, 0) is 14.8 Å². The molecule has 1 aromatic rings. The van der Waals surface area contributed by atoms with Gasteiger partial charge in [0.05, 0.1) is 20.8 Å². The maximum Gasteiger partial charge on any atom is 0.244 e. The zero-order valence-electron chi connectivity index (χ0n) is 13.7.